The van der Waals surface area contributed by atoms with Crippen molar-refractivity contribution in [3.8, 4) is 55.9 Å². The molecule has 3 heteroatoms. The zero-order valence-corrected chi connectivity index (χ0v) is 31.7. The van der Waals surface area contributed by atoms with Crippen LogP contribution in [-0.4, -0.2) is 11.2 Å². The highest BCUT2D eigenvalue weighted by Gasteiger charge is 2.17. The SMILES string of the molecule is C=C1/C=C\C=C/COc2ccc(-c3ccc4oc5ccc(-n6c7ccccc7c7cc(-c8cccc(-c9cccc(-c%10ccccc%10)c9)c8)ccc76)cc5c4c3)cc21. The van der Waals surface area contributed by atoms with Gasteiger partial charge in [0.05, 0.1) is 11.0 Å². The van der Waals surface area contributed by atoms with Crippen molar-refractivity contribution in [1.29, 1.82) is 0 Å². The molecule has 3 nitrogen and oxygen atoms in total. The summed E-state index contributed by atoms with van der Waals surface area (Å²) in [5, 5.41) is 4.59. The first kappa shape index (κ1) is 33.7. The molecule has 0 bridgehead atoms. The highest BCUT2D eigenvalue weighted by Crippen LogP contribution is 2.40. The molecule has 0 N–H and O–H groups in total. The predicted octanol–water partition coefficient (Wildman–Crippen LogP) is 14.9. The van der Waals surface area contributed by atoms with Gasteiger partial charge in [0.2, 0.25) is 0 Å². The van der Waals surface area contributed by atoms with Gasteiger partial charge in [-0.1, -0.05) is 128 Å². The lowest BCUT2D eigenvalue weighted by Crippen LogP contribution is -1.96. The number of hydrogen-bond donors (Lipinski definition) is 0. The fraction of sp³-hybridized carbons (Fsp3) is 0.0182. The van der Waals surface area contributed by atoms with Crippen LogP contribution in [0.1, 0.15) is 5.56 Å². The van der Waals surface area contributed by atoms with Crippen LogP contribution < -0.4 is 4.74 Å². The minimum absolute atomic E-state index is 0.519. The van der Waals surface area contributed by atoms with Gasteiger partial charge in [0.25, 0.3) is 0 Å². The Balaban J connectivity index is 0.989. The van der Waals surface area contributed by atoms with Crippen molar-refractivity contribution in [2.45, 2.75) is 0 Å². The molecule has 10 aromatic rings. The lowest BCUT2D eigenvalue weighted by atomic mass is 9.96. The third kappa shape index (κ3) is 5.84. The third-order valence-electron chi connectivity index (χ3n) is 11.4. The molecule has 0 spiro atoms. The number of benzene rings is 8. The predicted molar refractivity (Wildman–Crippen MR) is 243 cm³/mol. The van der Waals surface area contributed by atoms with Crippen molar-refractivity contribution in [3.63, 3.8) is 0 Å². The molecule has 3 heterocycles. The standard InChI is InChI=1S/C55H37NO2/c1-36-12-4-3-9-29-57-53-26-22-43(32-47(36)53)44-23-27-54-49(34-44)50-35-45(24-28-55(50)58-54)56-51-20-8-7-19-46(51)48-33-42(21-25-52(48)56)41-18-11-17-40(31-41)39-16-10-15-38(30-39)37-13-5-2-6-14-37/h2-28,30-35H,1,29H2/b9-3-,12-4-. The van der Waals surface area contributed by atoms with Gasteiger partial charge in [-0.2, -0.15) is 0 Å². The Morgan fingerprint density at radius 2 is 1.02 bits per heavy atom. The quantitative estimate of drug-likeness (QED) is 0.176. The maximum absolute atomic E-state index is 6.42. The molecular weight excluding hydrogens is 707 g/mol. The van der Waals surface area contributed by atoms with Crippen molar-refractivity contribution in [2.75, 3.05) is 6.61 Å². The van der Waals surface area contributed by atoms with Gasteiger partial charge in [-0.25, -0.2) is 0 Å². The minimum atomic E-state index is 0.519. The number of nitrogens with zero attached hydrogens (tertiary/aromatic N) is 1. The Hall–Kier alpha value is -7.62. The van der Waals surface area contributed by atoms with E-state index in [1.807, 2.05) is 30.4 Å². The fourth-order valence-electron chi connectivity index (χ4n) is 8.52. The molecule has 1 aliphatic heterocycles. The van der Waals surface area contributed by atoms with E-state index in [2.05, 4.69) is 181 Å². The van der Waals surface area contributed by atoms with E-state index in [0.29, 0.717) is 6.61 Å². The van der Waals surface area contributed by atoms with Crippen LogP contribution in [0.5, 0.6) is 5.75 Å². The van der Waals surface area contributed by atoms with Crippen molar-refractivity contribution in [1.82, 2.24) is 4.57 Å². The molecule has 0 atom stereocenters. The first-order chi connectivity index (χ1) is 28.6. The summed E-state index contributed by atoms with van der Waals surface area (Å²) in [7, 11) is 0. The van der Waals surface area contributed by atoms with Crippen molar-refractivity contribution in [3.05, 3.63) is 212 Å². The van der Waals surface area contributed by atoms with E-state index < -0.39 is 0 Å². The van der Waals surface area contributed by atoms with Crippen LogP contribution in [0.25, 0.3) is 99.5 Å². The van der Waals surface area contributed by atoms with E-state index in [1.165, 1.54) is 44.2 Å². The second-order valence-corrected chi connectivity index (χ2v) is 14.9. The minimum Gasteiger partial charge on any atom is -0.489 e. The molecule has 0 aliphatic carbocycles. The number of furan rings is 1. The molecule has 274 valence electrons. The second-order valence-electron chi connectivity index (χ2n) is 14.9. The Labute approximate surface area is 336 Å². The van der Waals surface area contributed by atoms with Gasteiger partial charge in [0.15, 0.2) is 0 Å². The van der Waals surface area contributed by atoms with Crippen LogP contribution in [0.15, 0.2) is 211 Å². The molecule has 0 saturated carbocycles. The van der Waals surface area contributed by atoms with Crippen molar-refractivity contribution < 1.29 is 9.15 Å². The number of para-hydroxylation sites is 1. The molecule has 0 fully saturated rings. The summed E-state index contributed by atoms with van der Waals surface area (Å²) in [6.45, 7) is 4.84. The summed E-state index contributed by atoms with van der Waals surface area (Å²) in [6, 6.07) is 63.2. The topological polar surface area (TPSA) is 27.3 Å². The van der Waals surface area contributed by atoms with Crippen LogP contribution in [0.3, 0.4) is 0 Å². The van der Waals surface area contributed by atoms with Gasteiger partial charge in [-0.15, -0.1) is 0 Å². The van der Waals surface area contributed by atoms with E-state index in [0.717, 1.165) is 66.7 Å². The maximum Gasteiger partial charge on any atom is 0.135 e. The Morgan fingerprint density at radius 1 is 0.431 bits per heavy atom. The van der Waals surface area contributed by atoms with Gasteiger partial charge >= 0.3 is 0 Å². The van der Waals surface area contributed by atoms with Crippen LogP contribution in [0.2, 0.25) is 0 Å². The zero-order valence-electron chi connectivity index (χ0n) is 31.7. The van der Waals surface area contributed by atoms with Gasteiger partial charge in [0.1, 0.15) is 23.5 Å². The lowest BCUT2D eigenvalue weighted by molar-refractivity contribution is 0.362. The molecule has 0 unspecified atom stereocenters. The maximum atomic E-state index is 6.42. The lowest BCUT2D eigenvalue weighted by Gasteiger charge is -2.12. The summed E-state index contributed by atoms with van der Waals surface area (Å²) >= 11 is 0. The number of hydrogen-bond acceptors (Lipinski definition) is 2. The smallest absolute Gasteiger partial charge is 0.135 e. The van der Waals surface area contributed by atoms with Gasteiger partial charge in [-0.3, -0.25) is 0 Å². The van der Waals surface area contributed by atoms with E-state index in [1.54, 1.807) is 0 Å². The summed E-state index contributed by atoms with van der Waals surface area (Å²) in [5.41, 5.74) is 16.5. The first-order valence-corrected chi connectivity index (χ1v) is 19.7. The van der Waals surface area contributed by atoms with Gasteiger partial charge in [0, 0.05) is 32.8 Å². The first-order valence-electron chi connectivity index (χ1n) is 19.7. The van der Waals surface area contributed by atoms with E-state index in [9.17, 15) is 0 Å². The molecule has 8 aromatic carbocycles. The van der Waals surface area contributed by atoms with Crippen LogP contribution >= 0.6 is 0 Å². The van der Waals surface area contributed by atoms with Crippen LogP contribution in [-0.2, 0) is 0 Å². The van der Waals surface area contributed by atoms with Gasteiger partial charge in [-0.05, 0) is 129 Å². The number of fused-ring (bicyclic) bond motifs is 7. The average Bonchev–Trinajstić information content (AvgIpc) is 3.84. The second kappa shape index (κ2) is 13.8. The van der Waals surface area contributed by atoms with E-state index >= 15 is 0 Å². The molecule has 0 saturated heterocycles. The summed E-state index contributed by atoms with van der Waals surface area (Å²) in [4.78, 5) is 0. The van der Waals surface area contributed by atoms with Crippen LogP contribution in [0.4, 0.5) is 0 Å². The number of allylic oxidation sites excluding steroid dienone is 4. The monoisotopic (exact) mass is 743 g/mol. The Kier molecular flexibility index (Phi) is 8.04. The molecule has 0 amide bonds. The largest absolute Gasteiger partial charge is 0.489 e. The normalized spacial score (nSPS) is 13.9. The molecule has 1 aliphatic rings. The van der Waals surface area contributed by atoms with Crippen molar-refractivity contribution in [2.24, 2.45) is 0 Å². The van der Waals surface area contributed by atoms with E-state index in [4.69, 9.17) is 9.15 Å². The van der Waals surface area contributed by atoms with E-state index in [-0.39, 0.29) is 0 Å². The molecule has 2 aromatic heterocycles. The highest BCUT2D eigenvalue weighted by molar-refractivity contribution is 6.12. The van der Waals surface area contributed by atoms with Crippen LogP contribution in [0, 0.1) is 0 Å². The summed E-state index contributed by atoms with van der Waals surface area (Å²) < 4.78 is 14.9. The third-order valence-corrected chi connectivity index (χ3v) is 11.4. The summed E-state index contributed by atoms with van der Waals surface area (Å²) in [6.07, 6.45) is 8.04. The zero-order chi connectivity index (χ0) is 38.6. The number of aromatic nitrogens is 1. The Morgan fingerprint density at radius 3 is 1.81 bits per heavy atom. The molecule has 11 rings (SSSR count). The highest BCUT2D eigenvalue weighted by atomic mass is 16.5. The van der Waals surface area contributed by atoms with Gasteiger partial charge < -0.3 is 13.7 Å². The molecular formula is C55H37NO2. The molecule has 0 radical (unpaired) electrons. The fourth-order valence-corrected chi connectivity index (χ4v) is 8.52. The number of rotatable bonds is 5. The number of ether oxygens (including phenoxy) is 1. The average molecular weight is 744 g/mol. The molecule has 58 heavy (non-hydrogen) atoms. The van der Waals surface area contributed by atoms with Crippen molar-refractivity contribution >= 4 is 49.3 Å². The Bertz CT molecular complexity index is 3300. The summed E-state index contributed by atoms with van der Waals surface area (Å²) in [5.74, 6) is 0.834.